The second kappa shape index (κ2) is 5.88. The van der Waals surface area contributed by atoms with Crippen LogP contribution in [0.15, 0.2) is 46.4 Å². The van der Waals surface area contributed by atoms with E-state index in [4.69, 9.17) is 0 Å². The van der Waals surface area contributed by atoms with Crippen molar-refractivity contribution in [1.29, 1.82) is 0 Å². The number of aliphatic imine (C=N–C) groups is 2. The number of hydrogen-bond donors (Lipinski definition) is 0. The van der Waals surface area contributed by atoms with Crippen molar-refractivity contribution in [1.82, 2.24) is 10.2 Å². The van der Waals surface area contributed by atoms with Crippen LogP contribution in [-0.4, -0.2) is 35.2 Å². The highest BCUT2D eigenvalue weighted by Crippen LogP contribution is 2.25. The minimum Gasteiger partial charge on any atom is -0.296 e. The molecule has 3 aromatic rings. The summed E-state index contributed by atoms with van der Waals surface area (Å²) < 4.78 is 0. The number of fused-ring (bicyclic) bond motifs is 3. The predicted molar refractivity (Wildman–Crippen MR) is 97.9 cm³/mol. The highest BCUT2D eigenvalue weighted by Gasteiger charge is 2.10. The molecule has 0 radical (unpaired) electrons. The van der Waals surface area contributed by atoms with Crippen LogP contribution in [0.25, 0.3) is 21.8 Å². The average molecular weight is 304 g/mol. The molecule has 0 saturated carbocycles. The molecule has 0 amide bonds. The first kappa shape index (κ1) is 15.3. The Labute approximate surface area is 136 Å². The van der Waals surface area contributed by atoms with Gasteiger partial charge in [-0.15, -0.1) is 10.2 Å². The molecule has 4 nitrogen and oxygen atoms in total. The van der Waals surface area contributed by atoms with Crippen LogP contribution in [0.2, 0.25) is 0 Å². The molecule has 1 heterocycles. The van der Waals surface area contributed by atoms with E-state index >= 15 is 0 Å². The lowest BCUT2D eigenvalue weighted by atomic mass is 10.0. The van der Waals surface area contributed by atoms with Gasteiger partial charge in [0.1, 0.15) is 11.0 Å². The molecule has 4 heteroatoms. The van der Waals surface area contributed by atoms with E-state index in [0.29, 0.717) is 0 Å². The normalized spacial score (nSPS) is 12.9. The predicted octanol–water partition coefficient (Wildman–Crippen LogP) is 4.05. The van der Waals surface area contributed by atoms with Crippen molar-refractivity contribution in [2.75, 3.05) is 7.05 Å². The van der Waals surface area contributed by atoms with Crippen LogP contribution in [0.4, 0.5) is 0 Å². The van der Waals surface area contributed by atoms with Gasteiger partial charge in [-0.1, -0.05) is 36.4 Å². The van der Waals surface area contributed by atoms with Crippen LogP contribution in [0.1, 0.15) is 31.9 Å². The Hall–Kier alpha value is -2.62. The zero-order valence-corrected chi connectivity index (χ0v) is 13.9. The van der Waals surface area contributed by atoms with Gasteiger partial charge in [0.15, 0.2) is 0 Å². The third kappa shape index (κ3) is 3.11. The first-order chi connectivity index (χ1) is 11.0. The standard InChI is InChI=1S/C19H20N4/c1-19(2,3)21-12-14-8-6-10-16-15-9-5-7-13(11-20-4)17(15)22-23-18(14)16/h5-12H,1-4H3/b20-11+,21-12+. The molecule has 0 aliphatic carbocycles. The highest BCUT2D eigenvalue weighted by molar-refractivity contribution is 6.12. The van der Waals surface area contributed by atoms with Gasteiger partial charge in [0.2, 0.25) is 0 Å². The minimum atomic E-state index is -0.114. The quantitative estimate of drug-likeness (QED) is 0.530. The summed E-state index contributed by atoms with van der Waals surface area (Å²) >= 11 is 0. The number of benzene rings is 2. The number of nitrogens with zero attached hydrogens (tertiary/aromatic N) is 4. The third-order valence-electron chi connectivity index (χ3n) is 3.53. The first-order valence-electron chi connectivity index (χ1n) is 7.65. The highest BCUT2D eigenvalue weighted by atomic mass is 15.1. The summed E-state index contributed by atoms with van der Waals surface area (Å²) in [4.78, 5) is 8.69. The van der Waals surface area contributed by atoms with Gasteiger partial charge in [-0.3, -0.25) is 9.98 Å². The third-order valence-corrected chi connectivity index (χ3v) is 3.53. The Kier molecular flexibility index (Phi) is 3.90. The van der Waals surface area contributed by atoms with Gasteiger partial charge in [-0.2, -0.15) is 0 Å². The average Bonchev–Trinajstić information content (AvgIpc) is 2.52. The summed E-state index contributed by atoms with van der Waals surface area (Å²) in [7, 11) is 1.76. The molecular formula is C19H20N4. The lowest BCUT2D eigenvalue weighted by Gasteiger charge is -2.11. The molecule has 0 aliphatic heterocycles. The van der Waals surface area contributed by atoms with E-state index in [1.165, 1.54) is 0 Å². The summed E-state index contributed by atoms with van der Waals surface area (Å²) in [6.45, 7) is 6.23. The maximum atomic E-state index is 4.59. The van der Waals surface area contributed by atoms with Crippen molar-refractivity contribution in [2.24, 2.45) is 9.98 Å². The van der Waals surface area contributed by atoms with Crippen LogP contribution < -0.4 is 0 Å². The number of rotatable bonds is 2. The van der Waals surface area contributed by atoms with E-state index in [2.05, 4.69) is 53.1 Å². The van der Waals surface area contributed by atoms with E-state index in [0.717, 1.165) is 32.9 Å². The van der Waals surface area contributed by atoms with E-state index < -0.39 is 0 Å². The van der Waals surface area contributed by atoms with Crippen molar-refractivity contribution < 1.29 is 0 Å². The van der Waals surface area contributed by atoms with Crippen molar-refractivity contribution in [3.8, 4) is 0 Å². The van der Waals surface area contributed by atoms with E-state index in [9.17, 15) is 0 Å². The van der Waals surface area contributed by atoms with Gasteiger partial charge in [0, 0.05) is 41.4 Å². The molecular weight excluding hydrogens is 284 g/mol. The molecule has 0 bridgehead atoms. The molecule has 0 unspecified atom stereocenters. The maximum Gasteiger partial charge on any atom is 0.102 e. The largest absolute Gasteiger partial charge is 0.296 e. The Morgan fingerprint density at radius 3 is 1.83 bits per heavy atom. The molecule has 116 valence electrons. The minimum absolute atomic E-state index is 0.114. The van der Waals surface area contributed by atoms with Crippen molar-refractivity contribution in [2.45, 2.75) is 26.3 Å². The molecule has 0 aliphatic rings. The Bertz CT molecular complexity index is 918. The zero-order valence-electron chi connectivity index (χ0n) is 13.9. The summed E-state index contributed by atoms with van der Waals surface area (Å²) in [5.74, 6) is 0. The Balaban J connectivity index is 2.27. The zero-order chi connectivity index (χ0) is 16.4. The van der Waals surface area contributed by atoms with Gasteiger partial charge in [-0.05, 0) is 20.8 Å². The molecule has 0 N–H and O–H groups in total. The Morgan fingerprint density at radius 2 is 1.35 bits per heavy atom. The van der Waals surface area contributed by atoms with Gasteiger partial charge in [-0.25, -0.2) is 0 Å². The van der Waals surface area contributed by atoms with Crippen molar-refractivity contribution in [3.05, 3.63) is 47.5 Å². The summed E-state index contributed by atoms with van der Waals surface area (Å²) in [6, 6.07) is 12.2. The topological polar surface area (TPSA) is 50.5 Å². The first-order valence-corrected chi connectivity index (χ1v) is 7.65. The monoisotopic (exact) mass is 304 g/mol. The van der Waals surface area contributed by atoms with Crippen LogP contribution in [0.5, 0.6) is 0 Å². The van der Waals surface area contributed by atoms with Gasteiger partial charge >= 0.3 is 0 Å². The summed E-state index contributed by atoms with van der Waals surface area (Å²) in [5, 5.41) is 11.0. The van der Waals surface area contributed by atoms with Crippen molar-refractivity contribution in [3.63, 3.8) is 0 Å². The fourth-order valence-electron chi connectivity index (χ4n) is 2.49. The molecule has 3 rings (SSSR count). The van der Waals surface area contributed by atoms with E-state index in [1.807, 2.05) is 36.7 Å². The van der Waals surface area contributed by atoms with Crippen LogP contribution >= 0.6 is 0 Å². The van der Waals surface area contributed by atoms with Crippen LogP contribution in [0, 0.1) is 0 Å². The molecule has 0 spiro atoms. The van der Waals surface area contributed by atoms with Gasteiger partial charge in [0.05, 0.1) is 5.54 Å². The SMILES string of the molecule is C/N=C/c1cccc2c1nnc1c(/C=N/C(C)(C)C)cccc12. The summed E-state index contributed by atoms with van der Waals surface area (Å²) in [6.07, 6.45) is 3.70. The van der Waals surface area contributed by atoms with E-state index in [1.54, 1.807) is 7.05 Å². The molecule has 0 fully saturated rings. The molecule has 2 aromatic carbocycles. The molecule has 0 saturated heterocycles. The van der Waals surface area contributed by atoms with Crippen molar-refractivity contribution >= 4 is 34.2 Å². The van der Waals surface area contributed by atoms with Crippen LogP contribution in [-0.2, 0) is 0 Å². The van der Waals surface area contributed by atoms with Crippen LogP contribution in [0.3, 0.4) is 0 Å². The molecule has 1 aromatic heterocycles. The lowest BCUT2D eigenvalue weighted by molar-refractivity contribution is 0.587. The fourth-order valence-corrected chi connectivity index (χ4v) is 2.49. The number of hydrogen-bond acceptors (Lipinski definition) is 4. The molecule has 23 heavy (non-hydrogen) atoms. The van der Waals surface area contributed by atoms with E-state index in [-0.39, 0.29) is 5.54 Å². The fraction of sp³-hybridized carbons (Fsp3) is 0.263. The number of aromatic nitrogens is 2. The smallest absolute Gasteiger partial charge is 0.102 e. The second-order valence-electron chi connectivity index (χ2n) is 6.50. The summed E-state index contributed by atoms with van der Waals surface area (Å²) in [5.41, 5.74) is 3.60. The second-order valence-corrected chi connectivity index (χ2v) is 6.50. The maximum absolute atomic E-state index is 4.59. The Morgan fingerprint density at radius 1 is 0.826 bits per heavy atom. The van der Waals surface area contributed by atoms with Gasteiger partial charge in [0.25, 0.3) is 0 Å². The van der Waals surface area contributed by atoms with Gasteiger partial charge < -0.3 is 0 Å². The lowest BCUT2D eigenvalue weighted by Crippen LogP contribution is -2.09. The molecule has 0 atom stereocenters.